The Hall–Kier alpha value is -2.26. The first kappa shape index (κ1) is 13.7. The summed E-state index contributed by atoms with van der Waals surface area (Å²) in [6, 6.07) is 18.6. The van der Waals surface area contributed by atoms with Crippen LogP contribution in [-0.2, 0) is 6.54 Å². The summed E-state index contributed by atoms with van der Waals surface area (Å²) < 4.78 is 11.2. The average molecular weight is 281 g/mol. The van der Waals surface area contributed by atoms with E-state index in [1.54, 1.807) is 7.11 Å². The molecule has 1 heterocycles. The summed E-state index contributed by atoms with van der Waals surface area (Å²) in [4.78, 5) is 0. The van der Waals surface area contributed by atoms with Crippen molar-refractivity contribution < 1.29 is 9.15 Å². The molecular weight excluding hydrogens is 262 g/mol. The molecule has 3 aromatic rings. The highest BCUT2D eigenvalue weighted by Gasteiger charge is 2.10. The summed E-state index contributed by atoms with van der Waals surface area (Å²) in [6.07, 6.45) is 0. The standard InChI is InChI=1S/C18H19NO2/c1-13(14-7-4-3-5-8-14)19-12-16-11-15-9-6-10-17(20-2)18(15)21-16/h3-11,13,19H,12H2,1-2H3/t13-/m0/s1. The van der Waals surface area contributed by atoms with Crippen LogP contribution in [0.4, 0.5) is 0 Å². The van der Waals surface area contributed by atoms with Crippen molar-refractivity contribution in [2.24, 2.45) is 0 Å². The summed E-state index contributed by atoms with van der Waals surface area (Å²) >= 11 is 0. The topological polar surface area (TPSA) is 34.4 Å². The van der Waals surface area contributed by atoms with Crippen molar-refractivity contribution in [3.8, 4) is 5.75 Å². The number of fused-ring (bicyclic) bond motifs is 1. The Kier molecular flexibility index (Phi) is 3.93. The third-order valence-electron chi connectivity index (χ3n) is 3.66. The van der Waals surface area contributed by atoms with E-state index in [0.29, 0.717) is 6.54 Å². The number of ether oxygens (including phenoxy) is 1. The molecule has 0 saturated heterocycles. The van der Waals surface area contributed by atoms with Gasteiger partial charge in [-0.2, -0.15) is 0 Å². The van der Waals surface area contributed by atoms with Crippen LogP contribution in [0.5, 0.6) is 5.75 Å². The first-order valence-corrected chi connectivity index (χ1v) is 7.11. The largest absolute Gasteiger partial charge is 0.493 e. The molecule has 0 radical (unpaired) electrons. The van der Waals surface area contributed by atoms with Crippen molar-refractivity contribution in [1.82, 2.24) is 5.32 Å². The van der Waals surface area contributed by atoms with Crippen molar-refractivity contribution in [2.45, 2.75) is 19.5 Å². The van der Waals surface area contributed by atoms with Gasteiger partial charge in [0.2, 0.25) is 0 Å². The van der Waals surface area contributed by atoms with Crippen molar-refractivity contribution in [2.75, 3.05) is 7.11 Å². The van der Waals surface area contributed by atoms with E-state index in [1.807, 2.05) is 24.3 Å². The zero-order chi connectivity index (χ0) is 14.7. The number of methoxy groups -OCH3 is 1. The van der Waals surface area contributed by atoms with Crippen LogP contribution < -0.4 is 10.1 Å². The van der Waals surface area contributed by atoms with Crippen LogP contribution >= 0.6 is 0 Å². The minimum Gasteiger partial charge on any atom is -0.493 e. The van der Waals surface area contributed by atoms with E-state index in [2.05, 4.69) is 42.6 Å². The van der Waals surface area contributed by atoms with Crippen molar-refractivity contribution >= 4 is 11.0 Å². The lowest BCUT2D eigenvalue weighted by molar-refractivity contribution is 0.405. The molecule has 3 heteroatoms. The van der Waals surface area contributed by atoms with E-state index >= 15 is 0 Å². The quantitative estimate of drug-likeness (QED) is 0.757. The predicted molar refractivity (Wildman–Crippen MR) is 84.5 cm³/mol. The van der Waals surface area contributed by atoms with E-state index < -0.39 is 0 Å². The number of benzene rings is 2. The van der Waals surface area contributed by atoms with Gasteiger partial charge in [0.1, 0.15) is 5.76 Å². The van der Waals surface area contributed by atoms with Gasteiger partial charge >= 0.3 is 0 Å². The van der Waals surface area contributed by atoms with Gasteiger partial charge in [-0.1, -0.05) is 42.5 Å². The second-order valence-corrected chi connectivity index (χ2v) is 5.10. The van der Waals surface area contributed by atoms with Gasteiger partial charge in [-0.25, -0.2) is 0 Å². The van der Waals surface area contributed by atoms with Crippen LogP contribution in [0.25, 0.3) is 11.0 Å². The molecule has 2 aromatic carbocycles. The fraction of sp³-hybridized carbons (Fsp3) is 0.222. The molecule has 3 rings (SSSR count). The predicted octanol–water partition coefficient (Wildman–Crippen LogP) is 4.29. The minimum atomic E-state index is 0.279. The first-order valence-electron chi connectivity index (χ1n) is 7.11. The number of nitrogens with one attached hydrogen (secondary N) is 1. The lowest BCUT2D eigenvalue weighted by Gasteiger charge is -2.12. The molecule has 0 aliphatic carbocycles. The number of furan rings is 1. The Morgan fingerprint density at radius 1 is 1.10 bits per heavy atom. The smallest absolute Gasteiger partial charge is 0.176 e. The van der Waals surface area contributed by atoms with Gasteiger partial charge in [-0.15, -0.1) is 0 Å². The summed E-state index contributed by atoms with van der Waals surface area (Å²) in [7, 11) is 1.66. The van der Waals surface area contributed by atoms with E-state index in [1.165, 1.54) is 5.56 Å². The molecule has 0 unspecified atom stereocenters. The normalized spacial score (nSPS) is 12.5. The molecule has 0 spiro atoms. The van der Waals surface area contributed by atoms with E-state index in [0.717, 1.165) is 22.5 Å². The van der Waals surface area contributed by atoms with E-state index in [-0.39, 0.29) is 6.04 Å². The Bertz CT molecular complexity index is 718. The third kappa shape index (κ3) is 2.93. The number of hydrogen-bond donors (Lipinski definition) is 1. The molecule has 0 bridgehead atoms. The molecule has 21 heavy (non-hydrogen) atoms. The van der Waals surface area contributed by atoms with Gasteiger partial charge in [0.05, 0.1) is 13.7 Å². The lowest BCUT2D eigenvalue weighted by atomic mass is 10.1. The summed E-state index contributed by atoms with van der Waals surface area (Å²) in [5.41, 5.74) is 2.08. The monoisotopic (exact) mass is 281 g/mol. The number of para-hydroxylation sites is 1. The van der Waals surface area contributed by atoms with Crippen LogP contribution in [0.15, 0.2) is 59.0 Å². The van der Waals surface area contributed by atoms with Gasteiger partial charge in [-0.05, 0) is 24.6 Å². The second kappa shape index (κ2) is 6.02. The fourth-order valence-corrected chi connectivity index (χ4v) is 2.45. The average Bonchev–Trinajstić information content (AvgIpc) is 2.96. The summed E-state index contributed by atoms with van der Waals surface area (Å²) in [6.45, 7) is 2.84. The van der Waals surface area contributed by atoms with Crippen molar-refractivity contribution in [1.29, 1.82) is 0 Å². The van der Waals surface area contributed by atoms with E-state index in [4.69, 9.17) is 9.15 Å². The van der Waals surface area contributed by atoms with Crippen LogP contribution in [0.2, 0.25) is 0 Å². The van der Waals surface area contributed by atoms with Crippen molar-refractivity contribution in [3.63, 3.8) is 0 Å². The van der Waals surface area contributed by atoms with Gasteiger partial charge in [0.15, 0.2) is 11.3 Å². The van der Waals surface area contributed by atoms with Crippen LogP contribution in [0.1, 0.15) is 24.3 Å². The maximum absolute atomic E-state index is 5.89. The molecule has 0 aliphatic rings. The summed E-state index contributed by atoms with van der Waals surface area (Å²) in [5.74, 6) is 1.69. The number of hydrogen-bond acceptors (Lipinski definition) is 3. The molecule has 0 aliphatic heterocycles. The van der Waals surface area contributed by atoms with Crippen LogP contribution in [0, 0.1) is 0 Å². The second-order valence-electron chi connectivity index (χ2n) is 5.10. The zero-order valence-corrected chi connectivity index (χ0v) is 12.3. The maximum Gasteiger partial charge on any atom is 0.176 e. The SMILES string of the molecule is COc1cccc2cc(CN[C@@H](C)c3ccccc3)oc12. The van der Waals surface area contributed by atoms with E-state index in [9.17, 15) is 0 Å². The van der Waals surface area contributed by atoms with Gasteiger partial charge in [0, 0.05) is 11.4 Å². The molecule has 3 nitrogen and oxygen atoms in total. The highest BCUT2D eigenvalue weighted by Crippen LogP contribution is 2.28. The molecule has 0 amide bonds. The Morgan fingerprint density at radius 2 is 1.90 bits per heavy atom. The van der Waals surface area contributed by atoms with Crippen molar-refractivity contribution in [3.05, 3.63) is 65.9 Å². The Labute approximate surface area is 124 Å². The molecule has 0 fully saturated rings. The highest BCUT2D eigenvalue weighted by atomic mass is 16.5. The zero-order valence-electron chi connectivity index (χ0n) is 12.3. The minimum absolute atomic E-state index is 0.279. The maximum atomic E-state index is 5.89. The molecule has 108 valence electrons. The highest BCUT2D eigenvalue weighted by molar-refractivity contribution is 5.83. The molecule has 1 aromatic heterocycles. The van der Waals surface area contributed by atoms with Gasteiger partial charge < -0.3 is 14.5 Å². The Morgan fingerprint density at radius 3 is 2.67 bits per heavy atom. The molecule has 1 N–H and O–H groups in total. The molecule has 0 saturated carbocycles. The third-order valence-corrected chi connectivity index (χ3v) is 3.66. The number of rotatable bonds is 5. The van der Waals surface area contributed by atoms with Gasteiger partial charge in [0.25, 0.3) is 0 Å². The molecule has 1 atom stereocenters. The van der Waals surface area contributed by atoms with Crippen LogP contribution in [0.3, 0.4) is 0 Å². The molecular formula is C18H19NO2. The lowest BCUT2D eigenvalue weighted by Crippen LogP contribution is -2.17. The summed E-state index contributed by atoms with van der Waals surface area (Å²) in [5, 5.41) is 4.55. The van der Waals surface area contributed by atoms with Crippen LogP contribution in [-0.4, -0.2) is 7.11 Å². The Balaban J connectivity index is 1.74. The van der Waals surface area contributed by atoms with Gasteiger partial charge in [-0.3, -0.25) is 0 Å². The first-order chi connectivity index (χ1) is 10.3. The fourth-order valence-electron chi connectivity index (χ4n) is 2.45.